The van der Waals surface area contributed by atoms with Crippen molar-refractivity contribution in [1.29, 1.82) is 0 Å². The Morgan fingerprint density at radius 1 is 1.16 bits per heavy atom. The fraction of sp³-hybridized carbons (Fsp3) is 0.571. The molecule has 5 N–H and O–H groups in total. The van der Waals surface area contributed by atoms with Gasteiger partial charge in [0, 0.05) is 13.7 Å². The van der Waals surface area contributed by atoms with E-state index in [1.807, 2.05) is 0 Å². The van der Waals surface area contributed by atoms with E-state index in [1.54, 1.807) is 12.1 Å². The van der Waals surface area contributed by atoms with Crippen LogP contribution in [-0.2, 0) is 19.1 Å². The molecule has 0 radical (unpaired) electrons. The molecule has 1 aliphatic rings. The highest BCUT2D eigenvalue weighted by molar-refractivity contribution is 5.92. The average molecular weight is 437 g/mol. The summed E-state index contributed by atoms with van der Waals surface area (Å²) >= 11 is 0. The lowest BCUT2D eigenvalue weighted by atomic mass is 9.96. The van der Waals surface area contributed by atoms with Crippen molar-refractivity contribution in [3.05, 3.63) is 29.8 Å². The number of likely N-dealkylation sites (tertiary alicyclic amines) is 1. The first kappa shape index (κ1) is 24.6. The Morgan fingerprint density at radius 3 is 2.32 bits per heavy atom. The molecule has 2 unspecified atom stereocenters. The van der Waals surface area contributed by atoms with Gasteiger partial charge in [0.1, 0.15) is 30.0 Å². The Bertz CT molecular complexity index is 769. The molecule has 31 heavy (non-hydrogen) atoms. The summed E-state index contributed by atoms with van der Waals surface area (Å²) in [6.45, 7) is 1.69. The highest BCUT2D eigenvalue weighted by atomic mass is 16.5. The third-order valence-corrected chi connectivity index (χ3v) is 5.49. The zero-order chi connectivity index (χ0) is 23.1. The predicted molar refractivity (Wildman–Crippen MR) is 111 cm³/mol. The lowest BCUT2D eigenvalue weighted by Crippen LogP contribution is -2.60. The van der Waals surface area contributed by atoms with Crippen LogP contribution in [-0.4, -0.2) is 82.9 Å². The minimum Gasteiger partial charge on any atom is -0.508 e. The number of hydrogen-bond acceptors (Lipinski definition) is 7. The molecule has 2 amide bonds. The van der Waals surface area contributed by atoms with Gasteiger partial charge in [0.15, 0.2) is 0 Å². The number of aromatic hydroxyl groups is 1. The molecule has 0 spiro atoms. The summed E-state index contributed by atoms with van der Waals surface area (Å²) in [4.78, 5) is 39.3. The molecule has 0 bridgehead atoms. The van der Waals surface area contributed by atoms with Crippen molar-refractivity contribution in [2.24, 2.45) is 0 Å². The van der Waals surface area contributed by atoms with Crippen molar-refractivity contribution in [1.82, 2.24) is 15.5 Å². The van der Waals surface area contributed by atoms with E-state index in [1.165, 1.54) is 38.1 Å². The summed E-state index contributed by atoms with van der Waals surface area (Å²) in [5.41, 5.74) is 0.515. The van der Waals surface area contributed by atoms with Gasteiger partial charge < -0.3 is 35.6 Å². The number of carbonyl (C=O) groups excluding carboxylic acids is 2. The van der Waals surface area contributed by atoms with Gasteiger partial charge in [-0.2, -0.15) is 0 Å². The number of nitrogens with zero attached hydrogens (tertiary/aromatic N) is 1. The maximum atomic E-state index is 13.5. The number of carboxylic acids is 1. The van der Waals surface area contributed by atoms with E-state index in [9.17, 15) is 29.7 Å². The number of amides is 2. The van der Waals surface area contributed by atoms with Crippen molar-refractivity contribution in [2.75, 3.05) is 20.7 Å². The molecular weight excluding hydrogens is 406 g/mol. The number of rotatable bonds is 9. The maximum Gasteiger partial charge on any atom is 0.326 e. The third kappa shape index (κ3) is 5.93. The lowest BCUT2D eigenvalue weighted by Gasteiger charge is -2.38. The zero-order valence-corrected chi connectivity index (χ0v) is 17.9. The van der Waals surface area contributed by atoms with Crippen molar-refractivity contribution < 1.29 is 34.4 Å². The van der Waals surface area contributed by atoms with Gasteiger partial charge in [-0.15, -0.1) is 0 Å². The van der Waals surface area contributed by atoms with Crippen molar-refractivity contribution in [2.45, 2.75) is 56.5 Å². The molecule has 1 heterocycles. The molecule has 1 aromatic carbocycles. The summed E-state index contributed by atoms with van der Waals surface area (Å²) in [5, 5.41) is 34.4. The van der Waals surface area contributed by atoms with E-state index < -0.39 is 48.1 Å². The van der Waals surface area contributed by atoms with Gasteiger partial charge in [0.2, 0.25) is 11.8 Å². The standard InChI is InChI=1S/C21H31N3O7/c1-12(25)16(22-2)19(27)23-17(18(31-3)13-7-9-14(26)10-8-13)20(28)24-11-5-4-6-15(24)21(29)30/h7-10,12,15-18,22,25-26H,4-6,11H2,1-3H3,(H,23,27)(H,29,30)/t12-,15+,16-,17?,18?/m1/s1. The first-order valence-corrected chi connectivity index (χ1v) is 10.2. The minimum absolute atomic E-state index is 0.0249. The number of carboxylic acid groups (broad SMARTS) is 1. The van der Waals surface area contributed by atoms with E-state index >= 15 is 0 Å². The number of ether oxygens (including phenoxy) is 1. The number of carbonyl (C=O) groups is 3. The minimum atomic E-state index is -1.24. The second-order valence-corrected chi connectivity index (χ2v) is 7.62. The Kier molecular flexibility index (Phi) is 8.78. The predicted octanol–water partition coefficient (Wildman–Crippen LogP) is -0.001000. The molecule has 172 valence electrons. The second kappa shape index (κ2) is 11.1. The topological polar surface area (TPSA) is 148 Å². The lowest BCUT2D eigenvalue weighted by molar-refractivity contribution is -0.155. The number of nitrogens with one attached hydrogen (secondary N) is 2. The van der Waals surface area contributed by atoms with Crippen LogP contribution in [0.1, 0.15) is 37.9 Å². The number of hydrogen-bond donors (Lipinski definition) is 5. The molecular formula is C21H31N3O7. The van der Waals surface area contributed by atoms with Crippen LogP contribution < -0.4 is 10.6 Å². The van der Waals surface area contributed by atoms with Crippen molar-refractivity contribution >= 4 is 17.8 Å². The van der Waals surface area contributed by atoms with Crippen LogP contribution in [0.5, 0.6) is 5.75 Å². The van der Waals surface area contributed by atoms with Gasteiger partial charge >= 0.3 is 5.97 Å². The van der Waals surface area contributed by atoms with E-state index in [-0.39, 0.29) is 12.3 Å². The number of phenolic OH excluding ortho intramolecular Hbond substituents is 1. The van der Waals surface area contributed by atoms with Crippen LogP contribution >= 0.6 is 0 Å². The number of likely N-dealkylation sites (N-methyl/N-ethyl adjacent to an activating group) is 1. The van der Waals surface area contributed by atoms with Gasteiger partial charge in [-0.05, 0) is 50.9 Å². The number of benzene rings is 1. The number of piperidine rings is 1. The smallest absolute Gasteiger partial charge is 0.326 e. The maximum absolute atomic E-state index is 13.5. The Hall–Kier alpha value is -2.69. The quantitative estimate of drug-likeness (QED) is 0.362. The number of methoxy groups -OCH3 is 1. The van der Waals surface area contributed by atoms with Gasteiger partial charge in [0.05, 0.1) is 6.10 Å². The van der Waals surface area contributed by atoms with Crippen LogP contribution in [0.15, 0.2) is 24.3 Å². The zero-order valence-electron chi connectivity index (χ0n) is 17.9. The third-order valence-electron chi connectivity index (χ3n) is 5.49. The summed E-state index contributed by atoms with van der Waals surface area (Å²) < 4.78 is 5.55. The molecule has 10 nitrogen and oxygen atoms in total. The Balaban J connectivity index is 2.42. The molecule has 0 aromatic heterocycles. The SMILES string of the molecule is CN[C@@H](C(=O)NC(C(=O)N1CCCC[C@H]1C(=O)O)C(OC)c1ccc(O)cc1)[C@@H](C)O. The van der Waals surface area contributed by atoms with Crippen LogP contribution in [0.25, 0.3) is 0 Å². The molecule has 1 aliphatic heterocycles. The van der Waals surface area contributed by atoms with Crippen molar-refractivity contribution in [3.8, 4) is 5.75 Å². The van der Waals surface area contributed by atoms with Crippen LogP contribution in [0.2, 0.25) is 0 Å². The average Bonchev–Trinajstić information content (AvgIpc) is 2.74. The normalized spacial score (nSPS) is 20.4. The van der Waals surface area contributed by atoms with Gasteiger partial charge in [-0.25, -0.2) is 4.79 Å². The second-order valence-electron chi connectivity index (χ2n) is 7.62. The Morgan fingerprint density at radius 2 is 1.81 bits per heavy atom. The molecule has 1 fully saturated rings. The number of aliphatic hydroxyl groups excluding tert-OH is 1. The fourth-order valence-corrected chi connectivity index (χ4v) is 3.86. The van der Waals surface area contributed by atoms with E-state index in [2.05, 4.69) is 10.6 Å². The highest BCUT2D eigenvalue weighted by Gasteiger charge is 2.41. The molecule has 5 atom stereocenters. The first-order chi connectivity index (χ1) is 14.7. The molecule has 2 rings (SSSR count). The van der Waals surface area contributed by atoms with E-state index in [0.717, 1.165) is 0 Å². The monoisotopic (exact) mass is 437 g/mol. The van der Waals surface area contributed by atoms with Crippen molar-refractivity contribution in [3.63, 3.8) is 0 Å². The summed E-state index contributed by atoms with van der Waals surface area (Å²) in [5.74, 6) is -2.29. The number of aliphatic hydroxyl groups is 1. The van der Waals surface area contributed by atoms with Crippen LogP contribution in [0.4, 0.5) is 0 Å². The number of aliphatic carboxylic acids is 1. The molecule has 0 saturated carbocycles. The largest absolute Gasteiger partial charge is 0.508 e. The van der Waals surface area contributed by atoms with Crippen LogP contribution in [0, 0.1) is 0 Å². The fourth-order valence-electron chi connectivity index (χ4n) is 3.86. The molecule has 1 saturated heterocycles. The molecule has 0 aliphatic carbocycles. The van der Waals surface area contributed by atoms with E-state index in [4.69, 9.17) is 4.74 Å². The summed E-state index contributed by atoms with van der Waals surface area (Å²) in [6.07, 6.45) is -0.310. The van der Waals surface area contributed by atoms with Gasteiger partial charge in [0.25, 0.3) is 0 Å². The Labute approximate surface area is 181 Å². The summed E-state index contributed by atoms with van der Waals surface area (Å²) in [7, 11) is 2.88. The highest BCUT2D eigenvalue weighted by Crippen LogP contribution is 2.27. The number of phenols is 1. The first-order valence-electron chi connectivity index (χ1n) is 10.2. The molecule has 1 aromatic rings. The van der Waals surface area contributed by atoms with Crippen LogP contribution in [0.3, 0.4) is 0 Å². The van der Waals surface area contributed by atoms with Gasteiger partial charge in [-0.1, -0.05) is 12.1 Å². The molecule has 10 heteroatoms. The van der Waals surface area contributed by atoms with Gasteiger partial charge in [-0.3, -0.25) is 9.59 Å². The van der Waals surface area contributed by atoms with E-state index in [0.29, 0.717) is 24.8 Å². The summed E-state index contributed by atoms with van der Waals surface area (Å²) in [6, 6.07) is 2.77.